The van der Waals surface area contributed by atoms with Crippen LogP contribution in [-0.2, 0) is 138 Å². The molecule has 0 aliphatic carbocycles. The second-order valence-electron chi connectivity index (χ2n) is 21.2. The third-order valence-corrected chi connectivity index (χ3v) is 14.7. The predicted molar refractivity (Wildman–Crippen MR) is 356 cm³/mol. The van der Waals surface area contributed by atoms with Crippen LogP contribution in [0.2, 0.25) is 0 Å². The quantitative estimate of drug-likeness (QED) is 0.0232. The fourth-order valence-electron chi connectivity index (χ4n) is 8.84. The Hall–Kier alpha value is -2.37. The van der Waals surface area contributed by atoms with Crippen LogP contribution >= 0.6 is 12.0 Å². The Kier molecular flexibility index (Phi) is 67.3. The number of unbranched alkanes of at least 4 members (excludes halogenated alkanes) is 2. The maximum absolute atomic E-state index is 11.6. The van der Waals surface area contributed by atoms with Crippen molar-refractivity contribution in [2.24, 2.45) is 0 Å². The summed E-state index contributed by atoms with van der Waals surface area (Å²) < 4.78 is 144. The summed E-state index contributed by atoms with van der Waals surface area (Å²) in [5, 5.41) is 12.5. The molecule has 1 aromatic rings. The molecule has 1 N–H and O–H groups in total. The highest BCUT2D eigenvalue weighted by molar-refractivity contribution is 7.94. The van der Waals surface area contributed by atoms with Gasteiger partial charge in [-0.05, 0) is 31.9 Å². The number of hydrogen-bond donors (Lipinski definition) is 1. The lowest BCUT2D eigenvalue weighted by Gasteiger charge is -2.22. The lowest BCUT2D eigenvalue weighted by Crippen LogP contribution is -2.31. The second kappa shape index (κ2) is 72.0. The zero-order chi connectivity index (χ0) is 69.4. The number of hydrogen-bond acceptors (Lipinski definition) is 30. The molecule has 0 bridgehead atoms. The number of methoxy groups -OCH3 is 2. The van der Waals surface area contributed by atoms with Gasteiger partial charge in [0.1, 0.15) is 6.61 Å². The van der Waals surface area contributed by atoms with E-state index in [-0.39, 0.29) is 11.4 Å². The summed E-state index contributed by atoms with van der Waals surface area (Å²) in [7, 11) is 3.06. The highest BCUT2D eigenvalue weighted by Crippen LogP contribution is 2.44. The maximum atomic E-state index is 11.6. The van der Waals surface area contributed by atoms with Gasteiger partial charge >= 0.3 is 5.97 Å². The molecule has 30 nitrogen and oxygen atoms in total. The summed E-state index contributed by atoms with van der Waals surface area (Å²) in [6, 6.07) is 6.07. The predicted octanol–water partition coefficient (Wildman–Crippen LogP) is 4.64. The minimum absolute atomic E-state index is 0.182. The van der Waals surface area contributed by atoms with Crippen molar-refractivity contribution in [3.63, 3.8) is 0 Å². The Balaban J connectivity index is 1.17. The Labute approximate surface area is 581 Å². The SMILES string of the molecule is COCCOCCOCCOCCOCCOCCOCCOCCOCCOCCOCCOCCOCCOCCOCCOCCOCCOCCOCCOCCOCCOCCOCCOCC[N+]1=C(C)C(C)(CCCCCC(=O)OC)c2cc(SOOO)ccc21. The first-order valence-electron chi connectivity index (χ1n) is 34.2. The molecule has 31 heteroatoms. The van der Waals surface area contributed by atoms with Crippen molar-refractivity contribution >= 4 is 29.4 Å². The largest absolute Gasteiger partial charge is 0.469 e. The van der Waals surface area contributed by atoms with Gasteiger partial charge in [0.15, 0.2) is 12.3 Å². The monoisotopic (exact) mass is 1420 g/mol. The summed E-state index contributed by atoms with van der Waals surface area (Å²) in [6.07, 6.45) is 4.00. The van der Waals surface area contributed by atoms with Crippen molar-refractivity contribution in [2.75, 3.05) is 331 Å². The van der Waals surface area contributed by atoms with Gasteiger partial charge in [-0.15, -0.1) is 4.33 Å². The smallest absolute Gasteiger partial charge is 0.305 e. The molecule has 1 heterocycles. The van der Waals surface area contributed by atoms with Crippen molar-refractivity contribution < 1.29 is 142 Å². The molecule has 2 rings (SSSR count). The van der Waals surface area contributed by atoms with E-state index in [4.69, 9.17) is 128 Å². The van der Waals surface area contributed by atoms with E-state index in [1.807, 2.05) is 6.07 Å². The molecule has 1 unspecified atom stereocenters. The third kappa shape index (κ3) is 55.9. The maximum Gasteiger partial charge on any atom is 0.305 e. The highest BCUT2D eigenvalue weighted by Gasteiger charge is 2.46. The van der Waals surface area contributed by atoms with Gasteiger partial charge in [0.25, 0.3) is 0 Å². The van der Waals surface area contributed by atoms with E-state index in [1.54, 1.807) is 7.11 Å². The molecule has 0 amide bonds. The van der Waals surface area contributed by atoms with Gasteiger partial charge in [0.05, 0.1) is 328 Å². The van der Waals surface area contributed by atoms with Crippen LogP contribution in [0.3, 0.4) is 0 Å². The molecular formula is C66H122NO29S+. The van der Waals surface area contributed by atoms with Crippen molar-refractivity contribution in [2.45, 2.75) is 56.3 Å². The van der Waals surface area contributed by atoms with Crippen molar-refractivity contribution in [1.29, 1.82) is 0 Å². The van der Waals surface area contributed by atoms with Gasteiger partial charge < -0.3 is 118 Å². The zero-order valence-electron chi connectivity index (χ0n) is 58.9. The molecule has 0 saturated carbocycles. The van der Waals surface area contributed by atoms with Crippen molar-refractivity contribution in [3.05, 3.63) is 23.8 Å². The Morgan fingerprint density at radius 2 is 0.629 bits per heavy atom. The summed E-state index contributed by atoms with van der Waals surface area (Å²) in [4.78, 5) is 12.4. The van der Waals surface area contributed by atoms with E-state index in [0.29, 0.717) is 323 Å². The van der Waals surface area contributed by atoms with Gasteiger partial charge in [0.2, 0.25) is 5.69 Å². The average molecular weight is 1430 g/mol. The minimum Gasteiger partial charge on any atom is -0.469 e. The molecule has 0 spiro atoms. The number of ether oxygens (including phenoxy) is 25. The number of carbonyl (C=O) groups is 1. The van der Waals surface area contributed by atoms with Crippen LogP contribution in [0.4, 0.5) is 5.69 Å². The van der Waals surface area contributed by atoms with Crippen LogP contribution in [0.1, 0.15) is 51.5 Å². The first-order chi connectivity index (χ1) is 48.0. The number of nitrogens with zero attached hydrogens (tertiary/aromatic N) is 1. The zero-order valence-corrected chi connectivity index (χ0v) is 59.8. The third-order valence-electron chi connectivity index (χ3n) is 14.1. The van der Waals surface area contributed by atoms with Gasteiger partial charge in [-0.25, -0.2) is 5.26 Å². The van der Waals surface area contributed by atoms with Gasteiger partial charge in [-0.3, -0.25) is 4.79 Å². The summed E-state index contributed by atoms with van der Waals surface area (Å²) in [5.41, 5.74) is 3.30. The van der Waals surface area contributed by atoms with E-state index in [2.05, 4.69) is 35.6 Å². The molecule has 0 radical (unpaired) electrons. The normalized spacial score (nSPS) is 13.9. The lowest BCUT2D eigenvalue weighted by molar-refractivity contribution is -0.443. The van der Waals surface area contributed by atoms with Crippen LogP contribution in [0.15, 0.2) is 23.1 Å². The molecule has 1 aromatic carbocycles. The fraction of sp³-hybridized carbons (Fsp3) is 0.879. The number of carbonyl (C=O) groups excluding carboxylic acids is 1. The van der Waals surface area contributed by atoms with E-state index in [1.165, 1.54) is 18.4 Å². The van der Waals surface area contributed by atoms with Crippen LogP contribution < -0.4 is 0 Å². The molecule has 0 saturated heterocycles. The van der Waals surface area contributed by atoms with E-state index in [0.717, 1.165) is 48.3 Å². The number of fused-ring (bicyclic) bond motifs is 1. The Bertz CT molecular complexity index is 1880. The van der Waals surface area contributed by atoms with Crippen LogP contribution in [0.25, 0.3) is 0 Å². The van der Waals surface area contributed by atoms with Crippen molar-refractivity contribution in [1.82, 2.24) is 0 Å². The van der Waals surface area contributed by atoms with Gasteiger partial charge in [0, 0.05) is 37.0 Å². The second-order valence-corrected chi connectivity index (χ2v) is 22.0. The highest BCUT2D eigenvalue weighted by atomic mass is 32.2. The first-order valence-corrected chi connectivity index (χ1v) is 35.0. The molecule has 1 atom stereocenters. The lowest BCUT2D eigenvalue weighted by atomic mass is 9.76. The topological polar surface area (TPSA) is 290 Å². The number of rotatable bonds is 81. The van der Waals surface area contributed by atoms with Gasteiger partial charge in [-0.1, -0.05) is 17.9 Å². The van der Waals surface area contributed by atoms with Crippen LogP contribution in [0.5, 0.6) is 0 Å². The van der Waals surface area contributed by atoms with Crippen molar-refractivity contribution in [3.8, 4) is 0 Å². The Morgan fingerprint density at radius 1 is 0.371 bits per heavy atom. The average Bonchev–Trinajstić information content (AvgIpc) is 1.59. The summed E-state index contributed by atoms with van der Waals surface area (Å²) in [5.74, 6) is -0.182. The molecular weight excluding hydrogens is 1300 g/mol. The number of benzene rings is 1. The van der Waals surface area contributed by atoms with Crippen LogP contribution in [-0.4, -0.2) is 353 Å². The van der Waals surface area contributed by atoms with E-state index >= 15 is 0 Å². The molecule has 97 heavy (non-hydrogen) atoms. The molecule has 1 aliphatic rings. The van der Waals surface area contributed by atoms with Crippen LogP contribution in [0, 0.1) is 0 Å². The molecule has 570 valence electrons. The molecule has 0 aromatic heterocycles. The standard InChI is InChI=1S/C66H121NO29S/c1-61-66(2,11-7-5-6-8-65(68)71-4)63-60-62(97-96-95-69)9-10-64(63)67(61)12-13-72-16-17-74-20-21-76-24-25-78-28-29-80-32-33-82-36-37-84-40-41-86-44-45-88-48-49-90-52-53-92-56-57-94-59-58-93-55-54-91-51-50-89-47-46-87-43-42-85-39-38-83-35-34-81-31-30-79-27-26-77-23-22-75-19-18-73-15-14-70-3/h9-10,60H,5-8,11-59H2,1-4H3/p+1. The first kappa shape index (κ1) is 90.7. The number of esters is 1. The summed E-state index contributed by atoms with van der Waals surface area (Å²) in [6.45, 7) is 28.1. The minimum atomic E-state index is -0.219. The summed E-state index contributed by atoms with van der Waals surface area (Å²) >= 11 is 0.947. The van der Waals surface area contributed by atoms with Gasteiger partial charge in [-0.2, -0.15) is 4.58 Å². The molecule has 0 fully saturated rings. The van der Waals surface area contributed by atoms with E-state index < -0.39 is 0 Å². The fourth-order valence-corrected chi connectivity index (χ4v) is 9.24. The Morgan fingerprint density at radius 3 is 0.876 bits per heavy atom. The molecule has 1 aliphatic heterocycles. The van der Waals surface area contributed by atoms with E-state index in [9.17, 15) is 4.79 Å².